The smallest absolute Gasteiger partial charge is 0.455 e. The molecule has 2 fully saturated rings. The molecule has 2 aliphatic heterocycles. The van der Waals surface area contributed by atoms with E-state index in [1.165, 1.54) is 4.90 Å². The molecule has 0 unspecified atom stereocenters. The molecule has 6 nitrogen and oxygen atoms in total. The molecule has 0 aromatic heterocycles. The van der Waals surface area contributed by atoms with Gasteiger partial charge in [0, 0.05) is 10.0 Å². The van der Waals surface area contributed by atoms with Crippen molar-refractivity contribution in [3.63, 3.8) is 0 Å². The summed E-state index contributed by atoms with van der Waals surface area (Å²) in [4.78, 5) is 28.6. The zero-order valence-corrected chi connectivity index (χ0v) is 24.3. The zero-order chi connectivity index (χ0) is 28.7. The summed E-state index contributed by atoms with van der Waals surface area (Å²) in [5.74, 6) is -1.36. The third-order valence-corrected chi connectivity index (χ3v) is 9.10. The quantitative estimate of drug-likeness (QED) is 0.144. The number of amides is 2. The van der Waals surface area contributed by atoms with Crippen molar-refractivity contribution in [2.24, 2.45) is 17.8 Å². The van der Waals surface area contributed by atoms with Crippen LogP contribution in [0.5, 0.6) is 5.75 Å². The first kappa shape index (κ1) is 27.7. The van der Waals surface area contributed by atoms with Gasteiger partial charge in [-0.2, -0.15) is 0 Å². The maximum absolute atomic E-state index is 13.8. The lowest BCUT2D eigenvalue weighted by Gasteiger charge is -2.42. The average Bonchev–Trinajstić information content (AvgIpc) is 3.22. The van der Waals surface area contributed by atoms with Gasteiger partial charge in [-0.05, 0) is 91.5 Å². The Morgan fingerprint density at radius 2 is 1.73 bits per heavy atom. The summed E-state index contributed by atoms with van der Waals surface area (Å²) in [5.41, 5.74) is 5.46. The third kappa shape index (κ3) is 5.32. The van der Waals surface area contributed by atoms with Crippen LogP contribution in [0.1, 0.15) is 37.3 Å². The Labute approximate surface area is 248 Å². The minimum atomic E-state index is -1.02. The molecule has 3 aromatic rings. The molecule has 41 heavy (non-hydrogen) atoms. The van der Waals surface area contributed by atoms with Crippen molar-refractivity contribution < 1.29 is 24.4 Å². The first-order chi connectivity index (χ1) is 19.8. The minimum Gasteiger partial charge on any atom is -0.507 e. The fraction of sp³-hybridized carbons (Fsp3) is 0.273. The van der Waals surface area contributed by atoms with E-state index in [0.29, 0.717) is 36.8 Å². The van der Waals surface area contributed by atoms with E-state index in [1.54, 1.807) is 24.3 Å². The van der Waals surface area contributed by atoms with Crippen LogP contribution < -0.4 is 4.90 Å². The van der Waals surface area contributed by atoms with Gasteiger partial charge in [0.15, 0.2) is 0 Å². The standard InChI is InChI=1S/C33H31BBrNO5/c1-20-16-26-31(33(39)36(32(26)38)25-10-6-3-7-11-25)27-19-34(40)41-29(30(20)27)15-12-22(21-8-4-2-5-9-21)17-23-18-24(35)13-14-28(23)37/h2-11,13-14,17-18,26-27,29,31,37,40H,12,15-16,19H2,1H3/b22-17-/t26-,27+,29-,31-/m1/s1. The fourth-order valence-corrected chi connectivity index (χ4v) is 7.20. The maximum Gasteiger partial charge on any atom is 0.455 e. The van der Waals surface area contributed by atoms with Gasteiger partial charge in [-0.25, -0.2) is 0 Å². The summed E-state index contributed by atoms with van der Waals surface area (Å²) in [6, 6.07) is 24.4. The lowest BCUT2D eigenvalue weighted by molar-refractivity contribution is -0.122. The highest BCUT2D eigenvalue weighted by molar-refractivity contribution is 9.10. The van der Waals surface area contributed by atoms with Crippen LogP contribution in [0, 0.1) is 17.8 Å². The average molecular weight is 612 g/mol. The Kier molecular flexibility index (Phi) is 7.73. The number of hydrogen-bond acceptors (Lipinski definition) is 5. The number of nitrogens with zero attached hydrogens (tertiary/aromatic N) is 1. The zero-order valence-electron chi connectivity index (χ0n) is 22.7. The number of halogens is 1. The number of benzene rings is 3. The molecule has 1 aliphatic carbocycles. The highest BCUT2D eigenvalue weighted by Crippen LogP contribution is 2.51. The van der Waals surface area contributed by atoms with Gasteiger partial charge in [0.2, 0.25) is 11.8 Å². The van der Waals surface area contributed by atoms with E-state index >= 15 is 0 Å². The first-order valence-electron chi connectivity index (χ1n) is 14.0. The number of para-hydroxylation sites is 1. The van der Waals surface area contributed by atoms with Crippen LogP contribution in [0.15, 0.2) is 94.5 Å². The van der Waals surface area contributed by atoms with Crippen LogP contribution in [0.25, 0.3) is 11.6 Å². The van der Waals surface area contributed by atoms with Crippen molar-refractivity contribution >= 4 is 52.2 Å². The van der Waals surface area contributed by atoms with E-state index in [1.807, 2.05) is 67.6 Å². The number of fused-ring (bicyclic) bond motifs is 3. The topological polar surface area (TPSA) is 87.1 Å². The van der Waals surface area contributed by atoms with Crippen molar-refractivity contribution in [2.45, 2.75) is 38.6 Å². The number of anilines is 1. The van der Waals surface area contributed by atoms with Crippen LogP contribution >= 0.6 is 15.9 Å². The lowest BCUT2D eigenvalue weighted by atomic mass is 9.58. The van der Waals surface area contributed by atoms with Gasteiger partial charge in [0.1, 0.15) is 5.75 Å². The van der Waals surface area contributed by atoms with Crippen LogP contribution in [-0.2, 0) is 14.2 Å². The van der Waals surface area contributed by atoms with Crippen molar-refractivity contribution in [1.82, 2.24) is 0 Å². The van der Waals surface area contributed by atoms with E-state index in [0.717, 1.165) is 26.8 Å². The first-order valence-corrected chi connectivity index (χ1v) is 14.8. The monoisotopic (exact) mass is 611 g/mol. The normalized spacial score (nSPS) is 24.5. The molecule has 3 aliphatic rings. The summed E-state index contributed by atoms with van der Waals surface area (Å²) in [6.45, 7) is 2.03. The molecular formula is C33H31BBrNO5. The van der Waals surface area contributed by atoms with Crippen molar-refractivity contribution in [3.8, 4) is 5.75 Å². The summed E-state index contributed by atoms with van der Waals surface area (Å²) >= 11 is 3.50. The van der Waals surface area contributed by atoms with E-state index in [9.17, 15) is 19.7 Å². The SMILES string of the molecule is CC1=C2[C@@H](CC/C(=C/c3cc(Br)ccc3O)c3ccccc3)OB(O)C[C@@H]2[C@@H]2C(=O)N(c3ccccc3)C(=O)[C@@H]2C1. The molecule has 2 saturated heterocycles. The molecule has 2 heterocycles. The molecule has 6 rings (SSSR count). The predicted molar refractivity (Wildman–Crippen MR) is 164 cm³/mol. The molecule has 0 spiro atoms. The van der Waals surface area contributed by atoms with E-state index in [4.69, 9.17) is 4.65 Å². The Hall–Kier alpha value is -3.46. The number of imide groups is 1. The van der Waals surface area contributed by atoms with Gasteiger partial charge < -0.3 is 14.8 Å². The van der Waals surface area contributed by atoms with Crippen LogP contribution in [-0.4, -0.2) is 35.2 Å². The number of aromatic hydroxyl groups is 1. The number of rotatable bonds is 6. The molecule has 208 valence electrons. The predicted octanol–water partition coefficient (Wildman–Crippen LogP) is 6.50. The molecule has 4 atom stereocenters. The van der Waals surface area contributed by atoms with Gasteiger partial charge in [-0.1, -0.05) is 70.0 Å². The van der Waals surface area contributed by atoms with Gasteiger partial charge in [0.05, 0.1) is 23.6 Å². The van der Waals surface area contributed by atoms with Crippen LogP contribution in [0.2, 0.25) is 6.32 Å². The number of phenols is 1. The molecular weight excluding hydrogens is 581 g/mol. The number of phenolic OH excluding ortho intramolecular Hbond substituents is 1. The highest BCUT2D eigenvalue weighted by atomic mass is 79.9. The second-order valence-corrected chi connectivity index (χ2v) is 12.0. The Balaban J connectivity index is 1.30. The minimum absolute atomic E-state index is 0.162. The number of carbonyl (C=O) groups excluding carboxylic acids is 2. The molecule has 2 N–H and O–H groups in total. The largest absolute Gasteiger partial charge is 0.507 e. The van der Waals surface area contributed by atoms with Crippen molar-refractivity contribution in [3.05, 3.63) is 106 Å². The van der Waals surface area contributed by atoms with Gasteiger partial charge in [-0.3, -0.25) is 14.5 Å². The Morgan fingerprint density at radius 3 is 2.46 bits per heavy atom. The van der Waals surface area contributed by atoms with E-state index < -0.39 is 19.0 Å². The Bertz CT molecular complexity index is 1540. The van der Waals surface area contributed by atoms with Crippen molar-refractivity contribution in [2.75, 3.05) is 4.90 Å². The summed E-state index contributed by atoms with van der Waals surface area (Å²) in [6.07, 6.45) is 3.60. The van der Waals surface area contributed by atoms with Crippen LogP contribution in [0.3, 0.4) is 0 Å². The third-order valence-electron chi connectivity index (χ3n) is 8.61. The molecule has 0 saturated carbocycles. The molecule has 3 aromatic carbocycles. The van der Waals surface area contributed by atoms with E-state index in [-0.39, 0.29) is 29.6 Å². The van der Waals surface area contributed by atoms with E-state index in [2.05, 4.69) is 15.9 Å². The second kappa shape index (κ2) is 11.4. The van der Waals surface area contributed by atoms with Gasteiger partial charge in [-0.15, -0.1) is 0 Å². The number of carbonyl (C=O) groups is 2. The highest BCUT2D eigenvalue weighted by Gasteiger charge is 2.57. The molecule has 2 amide bonds. The summed E-state index contributed by atoms with van der Waals surface area (Å²) in [5, 5.41) is 21.4. The summed E-state index contributed by atoms with van der Waals surface area (Å²) < 4.78 is 7.00. The Morgan fingerprint density at radius 1 is 1.02 bits per heavy atom. The summed E-state index contributed by atoms with van der Waals surface area (Å²) in [7, 11) is -1.02. The van der Waals surface area contributed by atoms with Gasteiger partial charge in [0.25, 0.3) is 0 Å². The molecule has 0 radical (unpaired) electrons. The molecule has 8 heteroatoms. The van der Waals surface area contributed by atoms with Crippen LogP contribution in [0.4, 0.5) is 5.69 Å². The second-order valence-electron chi connectivity index (χ2n) is 11.1. The number of allylic oxidation sites excluding steroid dienone is 2. The molecule has 0 bridgehead atoms. The maximum atomic E-state index is 13.8. The number of hydrogen-bond donors (Lipinski definition) is 2. The lowest BCUT2D eigenvalue weighted by Crippen LogP contribution is -2.46. The fourth-order valence-electron chi connectivity index (χ4n) is 6.82. The van der Waals surface area contributed by atoms with Crippen molar-refractivity contribution in [1.29, 1.82) is 0 Å². The van der Waals surface area contributed by atoms with Gasteiger partial charge >= 0.3 is 7.12 Å².